The molecule has 0 unspecified atom stereocenters. The molecular weight excluding hydrogens is 270 g/mol. The lowest BCUT2D eigenvalue weighted by Crippen LogP contribution is -2.45. The number of thiazole rings is 1. The summed E-state index contributed by atoms with van der Waals surface area (Å²) in [5.41, 5.74) is 0. The number of nitrogens with one attached hydrogen (secondary N) is 1. The quantitative estimate of drug-likeness (QED) is 0.735. The molecule has 1 aromatic rings. The smallest absolute Gasteiger partial charge is 0.326 e. The van der Waals surface area contributed by atoms with E-state index in [1.807, 2.05) is 6.92 Å². The predicted molar refractivity (Wildman–Crippen MR) is 67.8 cm³/mol. The molecule has 2 atom stereocenters. The number of hydrogen-bond donors (Lipinski definition) is 3. The minimum atomic E-state index is -1.10. The average molecular weight is 285 g/mol. The maximum Gasteiger partial charge on any atom is 0.326 e. The van der Waals surface area contributed by atoms with E-state index < -0.39 is 24.1 Å². The fraction of sp³-hybridized carbons (Fsp3) is 0.545. The molecule has 19 heavy (non-hydrogen) atoms. The zero-order valence-electron chi connectivity index (χ0n) is 10.4. The van der Waals surface area contributed by atoms with E-state index in [1.165, 1.54) is 11.3 Å². The van der Waals surface area contributed by atoms with Gasteiger partial charge < -0.3 is 20.4 Å². The first-order chi connectivity index (χ1) is 8.97. The molecular formula is C11H15N3O4S. The van der Waals surface area contributed by atoms with E-state index in [9.17, 15) is 14.7 Å². The first-order valence-electron chi connectivity index (χ1n) is 5.84. The highest BCUT2D eigenvalue weighted by Crippen LogP contribution is 2.18. The second-order valence-corrected chi connectivity index (χ2v) is 5.74. The normalized spacial score (nSPS) is 22.5. The van der Waals surface area contributed by atoms with Gasteiger partial charge in [0.2, 0.25) is 0 Å². The van der Waals surface area contributed by atoms with Gasteiger partial charge in [-0.1, -0.05) is 0 Å². The number of β-amino-alcohol motifs (C(OH)–C–C–N with tert-alkyl or cyclic N) is 1. The highest BCUT2D eigenvalue weighted by molar-refractivity contribution is 7.11. The molecule has 1 aliphatic heterocycles. The van der Waals surface area contributed by atoms with Crippen molar-refractivity contribution in [2.75, 3.05) is 6.54 Å². The van der Waals surface area contributed by atoms with Crippen LogP contribution in [0, 0.1) is 6.92 Å². The molecule has 0 spiro atoms. The second kappa shape index (κ2) is 5.54. The largest absolute Gasteiger partial charge is 0.480 e. The number of rotatable bonds is 3. The molecule has 0 saturated carbocycles. The summed E-state index contributed by atoms with van der Waals surface area (Å²) in [7, 11) is 0. The zero-order chi connectivity index (χ0) is 14.0. The lowest BCUT2D eigenvalue weighted by Gasteiger charge is -2.21. The van der Waals surface area contributed by atoms with Crippen LogP contribution in [0.2, 0.25) is 0 Å². The topological polar surface area (TPSA) is 103 Å². The summed E-state index contributed by atoms with van der Waals surface area (Å²) >= 11 is 1.47. The van der Waals surface area contributed by atoms with Gasteiger partial charge in [-0.25, -0.2) is 14.6 Å². The van der Waals surface area contributed by atoms with Crippen LogP contribution < -0.4 is 5.32 Å². The Morgan fingerprint density at radius 2 is 2.37 bits per heavy atom. The Morgan fingerprint density at radius 3 is 2.95 bits per heavy atom. The van der Waals surface area contributed by atoms with Crippen LogP contribution in [-0.2, 0) is 11.3 Å². The van der Waals surface area contributed by atoms with Crippen LogP contribution >= 0.6 is 11.3 Å². The van der Waals surface area contributed by atoms with Gasteiger partial charge in [-0.05, 0) is 6.92 Å². The molecule has 0 aromatic carbocycles. The highest BCUT2D eigenvalue weighted by Gasteiger charge is 2.38. The molecule has 1 aromatic heterocycles. The first kappa shape index (κ1) is 13.8. The van der Waals surface area contributed by atoms with E-state index in [4.69, 9.17) is 5.11 Å². The first-order valence-corrected chi connectivity index (χ1v) is 6.65. The van der Waals surface area contributed by atoms with Gasteiger partial charge in [-0.2, -0.15) is 0 Å². The number of nitrogens with zero attached hydrogens (tertiary/aromatic N) is 2. The van der Waals surface area contributed by atoms with E-state index in [2.05, 4.69) is 10.3 Å². The van der Waals surface area contributed by atoms with Crippen LogP contribution in [0.25, 0.3) is 0 Å². The van der Waals surface area contributed by atoms with Crippen molar-refractivity contribution >= 4 is 23.3 Å². The summed E-state index contributed by atoms with van der Waals surface area (Å²) in [6.07, 6.45) is 0.999. The van der Waals surface area contributed by atoms with E-state index in [0.717, 1.165) is 14.8 Å². The molecule has 7 nitrogen and oxygen atoms in total. The van der Waals surface area contributed by atoms with Crippen molar-refractivity contribution in [3.8, 4) is 0 Å². The number of aliphatic hydroxyl groups excluding tert-OH is 1. The van der Waals surface area contributed by atoms with E-state index in [-0.39, 0.29) is 19.5 Å². The monoisotopic (exact) mass is 285 g/mol. The maximum atomic E-state index is 11.9. The molecule has 2 rings (SSSR count). The highest BCUT2D eigenvalue weighted by atomic mass is 32.1. The lowest BCUT2D eigenvalue weighted by atomic mass is 10.2. The Balaban J connectivity index is 1.93. The minimum Gasteiger partial charge on any atom is -0.480 e. The number of carbonyl (C=O) groups is 2. The van der Waals surface area contributed by atoms with Crippen molar-refractivity contribution in [1.29, 1.82) is 0 Å². The van der Waals surface area contributed by atoms with Crippen molar-refractivity contribution in [2.45, 2.75) is 32.0 Å². The fourth-order valence-electron chi connectivity index (χ4n) is 2.01. The Kier molecular flexibility index (Phi) is 4.01. The van der Waals surface area contributed by atoms with Gasteiger partial charge in [0.1, 0.15) is 11.0 Å². The number of amides is 2. The van der Waals surface area contributed by atoms with Crippen LogP contribution in [0.15, 0.2) is 6.20 Å². The third-order valence-electron chi connectivity index (χ3n) is 2.88. The zero-order valence-corrected chi connectivity index (χ0v) is 11.2. The molecule has 3 N–H and O–H groups in total. The number of carboxylic acids is 1. The summed E-state index contributed by atoms with van der Waals surface area (Å²) in [6, 6.07) is -1.45. The number of hydrogen-bond acceptors (Lipinski definition) is 5. The van der Waals surface area contributed by atoms with Gasteiger partial charge in [-0.3, -0.25) is 0 Å². The fourth-order valence-corrected chi connectivity index (χ4v) is 2.74. The second-order valence-electron chi connectivity index (χ2n) is 4.42. The van der Waals surface area contributed by atoms with Gasteiger partial charge in [0.15, 0.2) is 0 Å². The van der Waals surface area contributed by atoms with Crippen molar-refractivity contribution < 1.29 is 19.8 Å². The average Bonchev–Trinajstić information content (AvgIpc) is 2.92. The van der Waals surface area contributed by atoms with Crippen LogP contribution in [0.5, 0.6) is 0 Å². The van der Waals surface area contributed by atoms with Crippen molar-refractivity contribution in [2.24, 2.45) is 0 Å². The Morgan fingerprint density at radius 1 is 1.63 bits per heavy atom. The van der Waals surface area contributed by atoms with Crippen LogP contribution in [0.3, 0.4) is 0 Å². The van der Waals surface area contributed by atoms with Crippen LogP contribution in [0.4, 0.5) is 4.79 Å². The van der Waals surface area contributed by atoms with Gasteiger partial charge in [0, 0.05) is 24.0 Å². The third kappa shape index (κ3) is 3.21. The molecule has 0 radical (unpaired) electrons. The molecule has 1 saturated heterocycles. The van der Waals surface area contributed by atoms with Crippen molar-refractivity contribution in [3.63, 3.8) is 0 Å². The molecule has 2 amide bonds. The Hall–Kier alpha value is -1.67. The SMILES string of the molecule is Cc1cnc(CNC(=O)N2C[C@H](O)C[C@@H]2C(=O)O)s1. The van der Waals surface area contributed by atoms with Crippen molar-refractivity contribution in [3.05, 3.63) is 16.1 Å². The number of aliphatic hydroxyl groups is 1. The number of aryl methyl sites for hydroxylation is 1. The molecule has 104 valence electrons. The number of aliphatic carboxylic acids is 1. The summed E-state index contributed by atoms with van der Waals surface area (Å²) in [4.78, 5) is 29.2. The third-order valence-corrected chi connectivity index (χ3v) is 3.80. The minimum absolute atomic E-state index is 0.0414. The van der Waals surface area contributed by atoms with Gasteiger partial charge in [0.25, 0.3) is 0 Å². The van der Waals surface area contributed by atoms with Gasteiger partial charge in [0.05, 0.1) is 12.6 Å². The van der Waals surface area contributed by atoms with Crippen LogP contribution in [-0.4, -0.2) is 50.8 Å². The molecule has 2 heterocycles. The number of aromatic nitrogens is 1. The summed E-state index contributed by atoms with van der Waals surface area (Å²) in [5, 5.41) is 21.8. The van der Waals surface area contributed by atoms with Crippen LogP contribution in [0.1, 0.15) is 16.3 Å². The molecule has 8 heteroatoms. The molecule has 1 aliphatic rings. The summed E-state index contributed by atoms with van der Waals surface area (Å²) in [6.45, 7) is 2.22. The maximum absolute atomic E-state index is 11.9. The molecule has 0 aliphatic carbocycles. The Bertz CT molecular complexity index is 490. The summed E-state index contributed by atoms with van der Waals surface area (Å²) in [5.74, 6) is -1.10. The van der Waals surface area contributed by atoms with E-state index >= 15 is 0 Å². The standard InChI is InChI=1S/C11H15N3O4S/c1-6-3-12-9(19-6)4-13-11(18)14-5-7(15)2-8(14)10(16)17/h3,7-8,15H,2,4-5H2,1H3,(H,13,18)(H,16,17)/t7-,8-/m1/s1. The van der Waals surface area contributed by atoms with E-state index in [0.29, 0.717) is 0 Å². The number of carbonyl (C=O) groups excluding carboxylic acids is 1. The molecule has 1 fully saturated rings. The number of carboxylic acid groups (broad SMARTS) is 1. The number of likely N-dealkylation sites (tertiary alicyclic amines) is 1. The number of urea groups is 1. The van der Waals surface area contributed by atoms with Gasteiger partial charge in [-0.15, -0.1) is 11.3 Å². The lowest BCUT2D eigenvalue weighted by molar-refractivity contribution is -0.141. The van der Waals surface area contributed by atoms with Gasteiger partial charge >= 0.3 is 12.0 Å². The Labute approximate surface area is 113 Å². The van der Waals surface area contributed by atoms with E-state index in [1.54, 1.807) is 6.20 Å². The predicted octanol–water partition coefficient (Wildman–Crippen LogP) is 0.181. The summed E-state index contributed by atoms with van der Waals surface area (Å²) < 4.78 is 0. The molecule has 0 bridgehead atoms. The van der Waals surface area contributed by atoms with Crippen molar-refractivity contribution in [1.82, 2.24) is 15.2 Å².